The van der Waals surface area contributed by atoms with E-state index in [1.165, 1.54) is 10.4 Å². The standard InChI is InChI=1S/C13H18BrNO4S/c1-2-11-8-15(5-6-19-11)20(17,18)13-7-10(9-16)3-4-12(13)14/h3-4,7,11,16H,2,5-6,8-9H2,1H3. The van der Waals surface area contributed by atoms with Crippen molar-refractivity contribution in [3.8, 4) is 0 Å². The normalized spacial score (nSPS) is 21.1. The minimum atomic E-state index is -3.57. The molecule has 0 aromatic heterocycles. The first-order valence-corrected chi connectivity index (χ1v) is 8.73. The molecule has 1 aliphatic heterocycles. The Morgan fingerprint density at radius 3 is 2.90 bits per heavy atom. The largest absolute Gasteiger partial charge is 0.392 e. The predicted molar refractivity (Wildman–Crippen MR) is 78.9 cm³/mol. The van der Waals surface area contributed by atoms with E-state index in [0.29, 0.717) is 29.7 Å². The number of rotatable bonds is 4. The van der Waals surface area contributed by atoms with E-state index in [1.807, 2.05) is 6.92 Å². The second-order valence-corrected chi connectivity index (χ2v) is 7.45. The van der Waals surface area contributed by atoms with Crippen molar-refractivity contribution in [3.05, 3.63) is 28.2 Å². The van der Waals surface area contributed by atoms with Crippen molar-refractivity contribution >= 4 is 26.0 Å². The van der Waals surface area contributed by atoms with Gasteiger partial charge in [-0.2, -0.15) is 4.31 Å². The van der Waals surface area contributed by atoms with Crippen molar-refractivity contribution in [2.75, 3.05) is 19.7 Å². The van der Waals surface area contributed by atoms with Crippen LogP contribution in [0.15, 0.2) is 27.6 Å². The van der Waals surface area contributed by atoms with Crippen LogP contribution in [0.3, 0.4) is 0 Å². The molecule has 1 saturated heterocycles. The van der Waals surface area contributed by atoms with Crippen molar-refractivity contribution in [1.82, 2.24) is 4.31 Å². The molecule has 0 amide bonds. The highest BCUT2D eigenvalue weighted by Crippen LogP contribution is 2.27. The van der Waals surface area contributed by atoms with E-state index in [0.717, 1.165) is 6.42 Å². The van der Waals surface area contributed by atoms with Gasteiger partial charge in [-0.15, -0.1) is 0 Å². The van der Waals surface area contributed by atoms with E-state index in [2.05, 4.69) is 15.9 Å². The Bertz CT molecular complexity index is 576. The SMILES string of the molecule is CCC1CN(S(=O)(=O)c2cc(CO)ccc2Br)CCO1. The molecule has 1 aromatic carbocycles. The lowest BCUT2D eigenvalue weighted by Gasteiger charge is -2.31. The summed E-state index contributed by atoms with van der Waals surface area (Å²) in [5.41, 5.74) is 0.576. The van der Waals surface area contributed by atoms with Gasteiger partial charge in [-0.3, -0.25) is 0 Å². The molecule has 1 atom stereocenters. The number of halogens is 1. The summed E-state index contributed by atoms with van der Waals surface area (Å²) in [4.78, 5) is 0.195. The van der Waals surface area contributed by atoms with E-state index in [9.17, 15) is 8.42 Å². The molecule has 0 bridgehead atoms. The molecule has 20 heavy (non-hydrogen) atoms. The zero-order valence-electron chi connectivity index (χ0n) is 11.3. The number of aliphatic hydroxyl groups is 1. The van der Waals surface area contributed by atoms with Gasteiger partial charge in [0.1, 0.15) is 0 Å². The summed E-state index contributed by atoms with van der Waals surface area (Å²) in [6, 6.07) is 4.85. The van der Waals surface area contributed by atoms with Gasteiger partial charge < -0.3 is 9.84 Å². The van der Waals surface area contributed by atoms with Gasteiger partial charge in [0, 0.05) is 17.6 Å². The number of nitrogens with zero attached hydrogens (tertiary/aromatic N) is 1. The Balaban J connectivity index is 2.34. The fourth-order valence-corrected chi connectivity index (χ4v) is 4.57. The Morgan fingerprint density at radius 1 is 1.50 bits per heavy atom. The summed E-state index contributed by atoms with van der Waals surface area (Å²) in [6.07, 6.45) is 0.725. The number of ether oxygens (including phenoxy) is 1. The molecule has 5 nitrogen and oxygen atoms in total. The van der Waals surface area contributed by atoms with Gasteiger partial charge in [0.15, 0.2) is 0 Å². The molecule has 1 aliphatic rings. The Labute approximate surface area is 127 Å². The summed E-state index contributed by atoms with van der Waals surface area (Å²) in [5, 5.41) is 9.17. The van der Waals surface area contributed by atoms with E-state index < -0.39 is 10.0 Å². The van der Waals surface area contributed by atoms with Crippen LogP contribution in [0.1, 0.15) is 18.9 Å². The van der Waals surface area contributed by atoms with Crippen LogP contribution in [0.5, 0.6) is 0 Å². The first-order chi connectivity index (χ1) is 9.48. The molecule has 1 N–H and O–H groups in total. The quantitative estimate of drug-likeness (QED) is 0.884. The van der Waals surface area contributed by atoms with Crippen molar-refractivity contribution in [1.29, 1.82) is 0 Å². The first-order valence-electron chi connectivity index (χ1n) is 6.50. The number of morpholine rings is 1. The number of aliphatic hydroxyl groups excluding tert-OH is 1. The molecule has 0 saturated carbocycles. The van der Waals surface area contributed by atoms with Crippen molar-refractivity contribution in [2.45, 2.75) is 31.0 Å². The van der Waals surface area contributed by atoms with E-state index in [4.69, 9.17) is 9.84 Å². The molecule has 0 aliphatic carbocycles. The van der Waals surface area contributed by atoms with Gasteiger partial charge in [0.2, 0.25) is 10.0 Å². The summed E-state index contributed by atoms with van der Waals surface area (Å²) in [7, 11) is -3.57. The Morgan fingerprint density at radius 2 is 2.25 bits per heavy atom. The maximum Gasteiger partial charge on any atom is 0.244 e. The molecular formula is C13H18BrNO4S. The summed E-state index contributed by atoms with van der Waals surface area (Å²) in [6.45, 7) is 2.93. The smallest absolute Gasteiger partial charge is 0.244 e. The fraction of sp³-hybridized carbons (Fsp3) is 0.538. The first kappa shape index (κ1) is 15.9. The summed E-state index contributed by atoms with van der Waals surface area (Å²) >= 11 is 3.28. The molecule has 112 valence electrons. The van der Waals surface area contributed by atoms with Crippen LogP contribution < -0.4 is 0 Å². The van der Waals surface area contributed by atoms with Gasteiger partial charge in [-0.25, -0.2) is 8.42 Å². The highest BCUT2D eigenvalue weighted by Gasteiger charge is 2.31. The molecule has 1 unspecified atom stereocenters. The van der Waals surface area contributed by atoms with Crippen molar-refractivity contribution < 1.29 is 18.3 Å². The van der Waals surface area contributed by atoms with Gasteiger partial charge >= 0.3 is 0 Å². The minimum absolute atomic E-state index is 0.0571. The van der Waals surface area contributed by atoms with E-state index in [1.54, 1.807) is 12.1 Å². The highest BCUT2D eigenvalue weighted by atomic mass is 79.9. The van der Waals surface area contributed by atoms with Crippen molar-refractivity contribution in [2.24, 2.45) is 0 Å². The maximum absolute atomic E-state index is 12.7. The molecule has 1 fully saturated rings. The van der Waals surface area contributed by atoms with E-state index >= 15 is 0 Å². The lowest BCUT2D eigenvalue weighted by molar-refractivity contribution is -0.00279. The maximum atomic E-state index is 12.7. The van der Waals surface area contributed by atoms with Crippen LogP contribution in [-0.4, -0.2) is 43.6 Å². The zero-order valence-corrected chi connectivity index (χ0v) is 13.7. The lowest BCUT2D eigenvalue weighted by Crippen LogP contribution is -2.45. The molecule has 0 radical (unpaired) electrons. The predicted octanol–water partition coefficient (Wildman–Crippen LogP) is 1.74. The van der Waals surface area contributed by atoms with Gasteiger partial charge in [-0.05, 0) is 40.0 Å². The molecule has 1 heterocycles. The van der Waals surface area contributed by atoms with Crippen LogP contribution in [0.2, 0.25) is 0 Å². The number of hydrogen-bond donors (Lipinski definition) is 1. The van der Waals surface area contributed by atoms with E-state index in [-0.39, 0.29) is 17.6 Å². The van der Waals surface area contributed by atoms with Crippen LogP contribution in [0.25, 0.3) is 0 Å². The molecule has 1 aromatic rings. The average molecular weight is 364 g/mol. The molecular weight excluding hydrogens is 346 g/mol. The summed E-state index contributed by atoms with van der Waals surface area (Å²) in [5.74, 6) is 0. The zero-order chi connectivity index (χ0) is 14.8. The Kier molecular flexibility index (Phi) is 5.19. The average Bonchev–Trinajstić information content (AvgIpc) is 2.47. The topological polar surface area (TPSA) is 66.8 Å². The van der Waals surface area contributed by atoms with Gasteiger partial charge in [0.25, 0.3) is 0 Å². The third-order valence-corrected chi connectivity index (χ3v) is 6.21. The highest BCUT2D eigenvalue weighted by molar-refractivity contribution is 9.10. The Hall–Kier alpha value is -0.470. The summed E-state index contributed by atoms with van der Waals surface area (Å²) < 4.78 is 32.9. The van der Waals surface area contributed by atoms with Gasteiger partial charge in [-0.1, -0.05) is 13.0 Å². The minimum Gasteiger partial charge on any atom is -0.392 e. The van der Waals surface area contributed by atoms with Crippen LogP contribution in [0, 0.1) is 0 Å². The number of hydrogen-bond acceptors (Lipinski definition) is 4. The molecule has 0 spiro atoms. The lowest BCUT2D eigenvalue weighted by atomic mass is 10.2. The molecule has 7 heteroatoms. The van der Waals surface area contributed by atoms with Crippen LogP contribution >= 0.6 is 15.9 Å². The second-order valence-electron chi connectivity index (χ2n) is 4.69. The third-order valence-electron chi connectivity index (χ3n) is 3.35. The van der Waals surface area contributed by atoms with Crippen molar-refractivity contribution in [3.63, 3.8) is 0 Å². The van der Waals surface area contributed by atoms with Gasteiger partial charge in [0.05, 0.1) is 24.2 Å². The number of sulfonamides is 1. The number of benzene rings is 1. The van der Waals surface area contributed by atoms with Crippen LogP contribution in [-0.2, 0) is 21.4 Å². The monoisotopic (exact) mass is 363 g/mol. The molecule has 2 rings (SSSR count). The fourth-order valence-electron chi connectivity index (χ4n) is 2.14. The second kappa shape index (κ2) is 6.53. The third kappa shape index (κ3) is 3.23. The van der Waals surface area contributed by atoms with Crippen LogP contribution in [0.4, 0.5) is 0 Å².